The Morgan fingerprint density at radius 2 is 1.00 bits per heavy atom. The lowest BCUT2D eigenvalue weighted by Gasteiger charge is -2.28. The van der Waals surface area contributed by atoms with Crippen LogP contribution in [0, 0.1) is 11.8 Å². The van der Waals surface area contributed by atoms with Crippen molar-refractivity contribution in [1.82, 2.24) is 47.9 Å². The largest absolute Gasteiger partial charge is 0.444 e. The average molecular weight is 1060 g/mol. The quantitative estimate of drug-likeness (QED) is 0.117. The second-order valence-corrected chi connectivity index (χ2v) is 22.0. The van der Waals surface area contributed by atoms with Crippen LogP contribution in [0.25, 0.3) is 0 Å². The van der Waals surface area contributed by atoms with Gasteiger partial charge >= 0.3 is 18.3 Å². The van der Waals surface area contributed by atoms with Crippen molar-refractivity contribution in [2.45, 2.75) is 187 Å². The first-order valence-corrected chi connectivity index (χ1v) is 25.4. The Balaban J connectivity index is 2.75. The molecule has 0 unspecified atom stereocenters. The monoisotopic (exact) mass is 1060 g/mol. The van der Waals surface area contributed by atoms with Crippen LogP contribution in [0.1, 0.15) is 127 Å². The van der Waals surface area contributed by atoms with Gasteiger partial charge in [-0.25, -0.2) is 14.4 Å². The summed E-state index contributed by atoms with van der Waals surface area (Å²) in [6, 6.07) is 0.0254. The summed E-state index contributed by atoms with van der Waals surface area (Å²) >= 11 is 0. The van der Waals surface area contributed by atoms with Crippen molar-refractivity contribution < 1.29 is 67.3 Å². The van der Waals surface area contributed by atoms with E-state index in [1.165, 1.54) is 6.92 Å². The molecule has 1 fully saturated rings. The van der Waals surface area contributed by atoms with E-state index in [0.29, 0.717) is 5.56 Å². The van der Waals surface area contributed by atoms with Gasteiger partial charge in [0.2, 0.25) is 35.4 Å². The van der Waals surface area contributed by atoms with Gasteiger partial charge in [0.25, 0.3) is 0 Å². The van der Waals surface area contributed by atoms with E-state index in [4.69, 9.17) is 19.9 Å². The SMILES string of the molecule is CC(C)C[C@@H]1CC(=O)[C@@H](Cc2ccccc2)NC(=O)[C@H](CCNC(=O)OC(C)(C)C)NC(=O)[C@@H](N)CCNC(=O)[C@H]([C@@H](C)O)NC(=O)[C@H](CCNC(=O)OC(C)(C)C)NC(=O)[C@H](CCNC(=O)OC(C)(C)C)NC1=O. The van der Waals surface area contributed by atoms with Gasteiger partial charge in [0, 0.05) is 38.5 Å². The highest BCUT2D eigenvalue weighted by atomic mass is 16.6. The lowest BCUT2D eigenvalue weighted by molar-refractivity contribution is -0.136. The fourth-order valence-corrected chi connectivity index (χ4v) is 7.40. The minimum Gasteiger partial charge on any atom is -0.444 e. The molecule has 422 valence electrons. The van der Waals surface area contributed by atoms with Crippen molar-refractivity contribution in [3.05, 3.63) is 35.9 Å². The van der Waals surface area contributed by atoms with Crippen LogP contribution >= 0.6 is 0 Å². The molecular formula is C51H84N10O14. The van der Waals surface area contributed by atoms with Gasteiger partial charge in [0.1, 0.15) is 41.0 Å². The number of aliphatic hydroxyl groups excluding tert-OH is 1. The van der Waals surface area contributed by atoms with E-state index in [9.17, 15) is 53.1 Å². The number of nitrogens with two attached hydrogens (primary N) is 1. The van der Waals surface area contributed by atoms with Crippen molar-refractivity contribution in [3.8, 4) is 0 Å². The van der Waals surface area contributed by atoms with Gasteiger partial charge in [-0.2, -0.15) is 0 Å². The average Bonchev–Trinajstić information content (AvgIpc) is 3.26. The summed E-state index contributed by atoms with van der Waals surface area (Å²) in [5, 5.41) is 33.9. The molecule has 1 aliphatic heterocycles. The zero-order valence-corrected chi connectivity index (χ0v) is 45.7. The van der Waals surface area contributed by atoms with Crippen LogP contribution in [-0.4, -0.2) is 150 Å². The third-order valence-electron chi connectivity index (χ3n) is 10.9. The Hall–Kier alpha value is -6.56. The van der Waals surface area contributed by atoms with Crippen molar-refractivity contribution in [1.29, 1.82) is 0 Å². The maximum absolute atomic E-state index is 14.6. The Bertz CT molecular complexity index is 2100. The first kappa shape index (κ1) is 64.6. The smallest absolute Gasteiger partial charge is 0.407 e. The molecule has 24 heteroatoms. The molecule has 8 atom stereocenters. The number of aliphatic hydroxyl groups is 1. The second kappa shape index (κ2) is 30.1. The van der Waals surface area contributed by atoms with Gasteiger partial charge in [0.05, 0.1) is 18.2 Å². The summed E-state index contributed by atoms with van der Waals surface area (Å²) in [6.45, 7) is 18.8. The molecule has 0 radical (unpaired) electrons. The molecule has 0 saturated carbocycles. The molecule has 24 nitrogen and oxygen atoms in total. The summed E-state index contributed by atoms with van der Waals surface area (Å²) in [5.74, 6) is -7.14. The molecule has 0 spiro atoms. The molecule has 75 heavy (non-hydrogen) atoms. The second-order valence-electron chi connectivity index (χ2n) is 22.0. The number of hydrogen-bond acceptors (Lipinski definition) is 15. The number of carbonyl (C=O) groups is 10. The van der Waals surface area contributed by atoms with Gasteiger partial charge in [-0.15, -0.1) is 0 Å². The minimum atomic E-state index is -1.64. The first-order chi connectivity index (χ1) is 34.7. The Labute approximate surface area is 440 Å². The minimum absolute atomic E-state index is 0.0431. The van der Waals surface area contributed by atoms with Crippen molar-refractivity contribution in [2.75, 3.05) is 26.2 Å². The van der Waals surface area contributed by atoms with Crippen LogP contribution < -0.4 is 53.6 Å². The first-order valence-electron chi connectivity index (χ1n) is 25.4. The normalized spacial score (nSPS) is 22.9. The van der Waals surface area contributed by atoms with E-state index < -0.39 is 131 Å². The highest BCUT2D eigenvalue weighted by Crippen LogP contribution is 2.20. The van der Waals surface area contributed by atoms with Crippen molar-refractivity contribution in [3.63, 3.8) is 0 Å². The summed E-state index contributed by atoms with van der Waals surface area (Å²) < 4.78 is 16.0. The van der Waals surface area contributed by atoms with E-state index in [2.05, 4.69) is 47.9 Å². The number of benzene rings is 1. The lowest BCUT2D eigenvalue weighted by Crippen LogP contribution is -2.60. The molecule has 1 aromatic carbocycles. The van der Waals surface area contributed by atoms with Gasteiger partial charge in [-0.1, -0.05) is 44.2 Å². The number of nitrogens with one attached hydrogen (secondary N) is 9. The Kier molecular flexibility index (Phi) is 25.9. The molecule has 1 aliphatic rings. The number of alkyl carbamates (subject to hydrolysis) is 3. The highest BCUT2D eigenvalue weighted by molar-refractivity contribution is 5.97. The molecule has 1 aromatic rings. The summed E-state index contributed by atoms with van der Waals surface area (Å²) in [6.07, 6.45) is -5.34. The van der Waals surface area contributed by atoms with Gasteiger partial charge < -0.3 is 72.9 Å². The molecular weight excluding hydrogens is 977 g/mol. The van der Waals surface area contributed by atoms with Crippen LogP contribution in [-0.2, 0) is 54.2 Å². The van der Waals surface area contributed by atoms with E-state index in [1.54, 1.807) is 92.6 Å². The van der Waals surface area contributed by atoms with Crippen LogP contribution in [0.3, 0.4) is 0 Å². The van der Waals surface area contributed by atoms with Crippen LogP contribution in [0.5, 0.6) is 0 Å². The zero-order valence-electron chi connectivity index (χ0n) is 45.7. The predicted octanol–water partition coefficient (Wildman–Crippen LogP) is 1.25. The molecule has 9 amide bonds. The number of hydrogen-bond donors (Lipinski definition) is 11. The molecule has 2 rings (SSSR count). The maximum atomic E-state index is 14.6. The highest BCUT2D eigenvalue weighted by Gasteiger charge is 2.36. The van der Waals surface area contributed by atoms with E-state index in [0.717, 1.165) is 0 Å². The predicted molar refractivity (Wildman–Crippen MR) is 276 cm³/mol. The molecule has 12 N–H and O–H groups in total. The molecule has 0 aliphatic carbocycles. The number of Topliss-reactive ketones (excluding diaryl/α,β-unsaturated/α-hetero) is 1. The molecule has 0 aromatic heterocycles. The van der Waals surface area contributed by atoms with Gasteiger partial charge in [-0.05, 0) is 119 Å². The van der Waals surface area contributed by atoms with E-state index >= 15 is 0 Å². The number of carbonyl (C=O) groups excluding carboxylic acids is 10. The third kappa shape index (κ3) is 26.5. The number of amides is 9. The van der Waals surface area contributed by atoms with Crippen LogP contribution in [0.2, 0.25) is 0 Å². The Morgan fingerprint density at radius 3 is 1.41 bits per heavy atom. The van der Waals surface area contributed by atoms with Crippen molar-refractivity contribution >= 4 is 59.5 Å². The molecule has 0 bridgehead atoms. The molecule has 1 heterocycles. The van der Waals surface area contributed by atoms with Crippen LogP contribution in [0.4, 0.5) is 14.4 Å². The third-order valence-corrected chi connectivity index (χ3v) is 10.9. The maximum Gasteiger partial charge on any atom is 0.407 e. The lowest BCUT2D eigenvalue weighted by atomic mass is 9.88. The van der Waals surface area contributed by atoms with Crippen molar-refractivity contribution in [2.24, 2.45) is 17.6 Å². The summed E-state index contributed by atoms with van der Waals surface area (Å²) in [7, 11) is 0. The topological polar surface area (TPSA) is 353 Å². The fourth-order valence-electron chi connectivity index (χ4n) is 7.40. The molecule has 1 saturated heterocycles. The zero-order chi connectivity index (χ0) is 56.8. The summed E-state index contributed by atoms with van der Waals surface area (Å²) in [5.41, 5.74) is 4.30. The van der Waals surface area contributed by atoms with Gasteiger partial charge in [-0.3, -0.25) is 33.6 Å². The van der Waals surface area contributed by atoms with Gasteiger partial charge in [0.15, 0.2) is 5.78 Å². The van der Waals surface area contributed by atoms with Crippen LogP contribution in [0.15, 0.2) is 30.3 Å². The number of rotatable bonds is 14. The van der Waals surface area contributed by atoms with E-state index in [1.807, 2.05) is 13.8 Å². The number of ketones is 1. The van der Waals surface area contributed by atoms with E-state index in [-0.39, 0.29) is 70.6 Å². The fraction of sp³-hybridized carbons (Fsp3) is 0.686. The standard InChI is InChI=1S/C51H84N10O14/c1-29(2)26-32-28-38(63)37(27-31-16-14-13-15-17-31)60-43(67)35(20-24-55-47(71)74-50(7,8)9)58-41(65)33(52)18-22-53-45(69)39(30(3)62)61-44(68)36(21-25-56-48(72)75-51(10,11)12)59-42(66)34(57-40(32)64)19-23-54-46(70)73-49(4,5)6/h13-17,29-30,32-37,39,62H,18-28,52H2,1-12H3,(H,53,69)(H,54,70)(H,55,71)(H,56,72)(H,57,64)(H,58,65)(H,59,66)(H,60,67)(H,61,68)/t30-,32-,33+,34+,35+,36+,37-,39+/m1/s1. The summed E-state index contributed by atoms with van der Waals surface area (Å²) in [4.78, 5) is 137. The number of ether oxygens (including phenoxy) is 3. The Morgan fingerprint density at radius 1 is 0.600 bits per heavy atom.